The highest BCUT2D eigenvalue weighted by Gasteiger charge is 2.48. The Balaban J connectivity index is 1.97. The molecule has 1 aliphatic heterocycles. The first kappa shape index (κ1) is 25.3. The van der Waals surface area contributed by atoms with Gasteiger partial charge in [-0.3, -0.25) is 28.3 Å². The number of esters is 3. The second-order valence-electron chi connectivity index (χ2n) is 8.17. The molecule has 0 radical (unpaired) electrons. The molecule has 0 bridgehead atoms. The van der Waals surface area contributed by atoms with Crippen LogP contribution in [0.25, 0.3) is 16.6 Å². The Kier molecular flexibility index (Phi) is 7.32. The Morgan fingerprint density at radius 3 is 2.08 bits per heavy atom. The number of para-hydroxylation sites is 2. The quantitative estimate of drug-likeness (QED) is 0.289. The van der Waals surface area contributed by atoms with Gasteiger partial charge in [0.2, 0.25) is 0 Å². The van der Waals surface area contributed by atoms with Gasteiger partial charge < -0.3 is 18.9 Å². The monoisotopic (exact) mass is 512 g/mol. The molecule has 0 amide bonds. The summed E-state index contributed by atoms with van der Waals surface area (Å²) in [5, 5.41) is 0.339. The molecule has 4 atom stereocenters. The predicted octanol–water partition coefficient (Wildman–Crippen LogP) is 2.85. The molecule has 2 heterocycles. The van der Waals surface area contributed by atoms with Gasteiger partial charge in [0.05, 0.1) is 23.2 Å². The molecule has 4 rings (SSSR count). The van der Waals surface area contributed by atoms with Gasteiger partial charge in [0.25, 0.3) is 5.56 Å². The number of benzene rings is 2. The lowest BCUT2D eigenvalue weighted by Gasteiger charge is -2.41. The molecular formula is C25H24N2O8S. The maximum Gasteiger partial charge on any atom is 0.303 e. The second-order valence-corrected chi connectivity index (χ2v) is 8.53. The van der Waals surface area contributed by atoms with Crippen LogP contribution in [0.4, 0.5) is 0 Å². The number of hydrogen-bond donors (Lipinski definition) is 0. The summed E-state index contributed by atoms with van der Waals surface area (Å²) in [6.45, 7) is 3.41. The number of carbonyl (C=O) groups is 3. The van der Waals surface area contributed by atoms with E-state index in [1.54, 1.807) is 53.1 Å². The molecule has 4 unspecified atom stereocenters. The second kappa shape index (κ2) is 10.4. The fourth-order valence-corrected chi connectivity index (χ4v) is 4.67. The Bertz CT molecular complexity index is 1430. The smallest absolute Gasteiger partial charge is 0.303 e. The molecule has 0 aliphatic carbocycles. The van der Waals surface area contributed by atoms with Crippen LogP contribution in [-0.4, -0.2) is 52.0 Å². The number of hydrogen-bond acceptors (Lipinski definition) is 9. The van der Waals surface area contributed by atoms with Crippen LogP contribution in [-0.2, 0) is 33.3 Å². The molecule has 0 spiro atoms. The minimum absolute atomic E-state index is 0.0690. The van der Waals surface area contributed by atoms with E-state index in [-0.39, 0.29) is 16.9 Å². The third kappa shape index (κ3) is 4.93. The van der Waals surface area contributed by atoms with Crippen LogP contribution in [0.2, 0.25) is 0 Å². The molecule has 36 heavy (non-hydrogen) atoms. The average molecular weight is 513 g/mol. The first-order valence-electron chi connectivity index (χ1n) is 11.1. The van der Waals surface area contributed by atoms with E-state index in [0.29, 0.717) is 16.6 Å². The largest absolute Gasteiger partial charge is 0.456 e. The summed E-state index contributed by atoms with van der Waals surface area (Å²) in [4.78, 5) is 49.3. The lowest BCUT2D eigenvalue weighted by atomic mass is 10.0. The summed E-state index contributed by atoms with van der Waals surface area (Å²) in [6, 6.07) is 15.6. The van der Waals surface area contributed by atoms with E-state index < -0.39 is 42.4 Å². The Labute approximate surface area is 210 Å². The summed E-state index contributed by atoms with van der Waals surface area (Å²) >= 11 is 5.77. The van der Waals surface area contributed by atoms with E-state index in [1.807, 2.05) is 6.07 Å². The summed E-state index contributed by atoms with van der Waals surface area (Å²) in [5.41, 5.74) is 0.614. The molecule has 3 aromatic rings. The predicted molar refractivity (Wildman–Crippen MR) is 130 cm³/mol. The van der Waals surface area contributed by atoms with Crippen molar-refractivity contribution in [2.24, 2.45) is 0 Å². The molecule has 1 aliphatic rings. The van der Waals surface area contributed by atoms with Gasteiger partial charge in [0.15, 0.2) is 29.3 Å². The van der Waals surface area contributed by atoms with Gasteiger partial charge in [-0.15, -0.1) is 0 Å². The van der Waals surface area contributed by atoms with Gasteiger partial charge in [-0.1, -0.05) is 30.3 Å². The van der Waals surface area contributed by atoms with E-state index in [0.717, 1.165) is 0 Å². The topological polar surface area (TPSA) is 115 Å². The minimum Gasteiger partial charge on any atom is -0.456 e. The number of ether oxygens (including phenoxy) is 4. The molecule has 1 saturated heterocycles. The number of nitrogens with zero attached hydrogens (tertiary/aromatic N) is 2. The average Bonchev–Trinajstić information content (AvgIpc) is 2.82. The molecule has 1 fully saturated rings. The van der Waals surface area contributed by atoms with E-state index in [1.165, 1.54) is 25.3 Å². The summed E-state index contributed by atoms with van der Waals surface area (Å²) < 4.78 is 25.4. The summed E-state index contributed by atoms with van der Waals surface area (Å²) in [6.07, 6.45) is -4.58. The highest BCUT2D eigenvalue weighted by Crippen LogP contribution is 2.33. The highest BCUT2D eigenvalue weighted by molar-refractivity contribution is 7.71. The van der Waals surface area contributed by atoms with Crippen molar-refractivity contribution in [3.05, 3.63) is 69.7 Å². The maximum atomic E-state index is 13.5. The Morgan fingerprint density at radius 2 is 1.44 bits per heavy atom. The third-order valence-corrected chi connectivity index (χ3v) is 5.97. The number of rotatable bonds is 5. The molecule has 188 valence electrons. The molecule has 0 saturated carbocycles. The zero-order valence-electron chi connectivity index (χ0n) is 19.8. The van der Waals surface area contributed by atoms with Crippen molar-refractivity contribution in [1.29, 1.82) is 0 Å². The van der Waals surface area contributed by atoms with E-state index in [2.05, 4.69) is 0 Å². The zero-order valence-corrected chi connectivity index (χ0v) is 20.6. The normalized spacial score (nSPS) is 21.5. The minimum atomic E-state index is -1.25. The maximum absolute atomic E-state index is 13.5. The molecule has 0 N–H and O–H groups in total. The molecule has 10 nitrogen and oxygen atoms in total. The van der Waals surface area contributed by atoms with Gasteiger partial charge in [0.1, 0.15) is 0 Å². The summed E-state index contributed by atoms with van der Waals surface area (Å²) in [7, 11) is 0. The van der Waals surface area contributed by atoms with Crippen molar-refractivity contribution < 1.29 is 33.3 Å². The first-order valence-corrected chi connectivity index (χ1v) is 11.5. The van der Waals surface area contributed by atoms with Crippen molar-refractivity contribution in [3.63, 3.8) is 0 Å². The molecule has 2 aromatic carbocycles. The van der Waals surface area contributed by atoms with E-state index in [4.69, 9.17) is 31.2 Å². The van der Waals surface area contributed by atoms with Crippen LogP contribution in [0.1, 0.15) is 27.0 Å². The Morgan fingerprint density at radius 1 is 0.861 bits per heavy atom. The van der Waals surface area contributed by atoms with E-state index in [9.17, 15) is 19.2 Å². The zero-order chi connectivity index (χ0) is 26.0. The number of fused-ring (bicyclic) bond motifs is 1. The van der Waals surface area contributed by atoms with Gasteiger partial charge in [-0.2, -0.15) is 0 Å². The molecule has 11 heteroatoms. The first-order chi connectivity index (χ1) is 17.2. The van der Waals surface area contributed by atoms with Crippen LogP contribution in [0.3, 0.4) is 0 Å². The van der Waals surface area contributed by atoms with Crippen molar-refractivity contribution in [3.8, 4) is 5.69 Å². The molecule has 1 aromatic heterocycles. The van der Waals surface area contributed by atoms with Crippen LogP contribution in [0, 0.1) is 4.77 Å². The lowest BCUT2D eigenvalue weighted by Crippen LogP contribution is -2.55. The highest BCUT2D eigenvalue weighted by atomic mass is 32.1. The fourth-order valence-electron chi connectivity index (χ4n) is 4.28. The van der Waals surface area contributed by atoms with Crippen LogP contribution < -0.4 is 5.56 Å². The van der Waals surface area contributed by atoms with Gasteiger partial charge in [-0.25, -0.2) is 0 Å². The lowest BCUT2D eigenvalue weighted by molar-refractivity contribution is -0.239. The number of aromatic nitrogens is 2. The van der Waals surface area contributed by atoms with Gasteiger partial charge >= 0.3 is 17.9 Å². The molecular weight excluding hydrogens is 488 g/mol. The van der Waals surface area contributed by atoms with E-state index >= 15 is 0 Å². The van der Waals surface area contributed by atoms with Gasteiger partial charge in [-0.05, 0) is 36.5 Å². The SMILES string of the molecule is CC(=O)OC1COC(n2c(=S)n(-c3ccccc3)c(=O)c3ccccc32)C(OC(C)=O)C1OC(C)=O. The van der Waals surface area contributed by atoms with Crippen molar-refractivity contribution in [1.82, 2.24) is 9.13 Å². The van der Waals surface area contributed by atoms with Crippen LogP contribution >= 0.6 is 12.2 Å². The van der Waals surface area contributed by atoms with Crippen molar-refractivity contribution >= 4 is 41.0 Å². The van der Waals surface area contributed by atoms with Crippen LogP contribution in [0.15, 0.2) is 59.4 Å². The fraction of sp³-hybridized carbons (Fsp3) is 0.320. The Hall–Kier alpha value is -3.83. The van der Waals surface area contributed by atoms with Gasteiger partial charge in [0, 0.05) is 20.8 Å². The summed E-state index contributed by atoms with van der Waals surface area (Å²) in [5.74, 6) is -1.97. The van der Waals surface area contributed by atoms with Crippen molar-refractivity contribution in [2.45, 2.75) is 45.3 Å². The van der Waals surface area contributed by atoms with Crippen LogP contribution in [0.5, 0.6) is 0 Å². The standard InChI is InChI=1S/C25H24N2O8S/c1-14(28)33-20-13-32-24(22(35-16(3)30)21(20)34-15(2)29)27-19-12-8-7-11-18(19)23(31)26(25(27)36)17-9-5-4-6-10-17/h4-12,20-22,24H,13H2,1-3H3. The number of carbonyl (C=O) groups excluding carboxylic acids is 3. The third-order valence-electron chi connectivity index (χ3n) is 5.59. The van der Waals surface area contributed by atoms with Crippen molar-refractivity contribution in [2.75, 3.05) is 6.61 Å².